The summed E-state index contributed by atoms with van der Waals surface area (Å²) in [4.78, 5) is 6.27. The molecule has 114 valence electrons. The summed E-state index contributed by atoms with van der Waals surface area (Å²) in [6.45, 7) is 0. The van der Waals surface area contributed by atoms with E-state index >= 15 is 0 Å². The zero-order valence-corrected chi connectivity index (χ0v) is 13.4. The van der Waals surface area contributed by atoms with E-state index in [0.29, 0.717) is 11.6 Å². The summed E-state index contributed by atoms with van der Waals surface area (Å²) in [5, 5.41) is 2.35. The number of pyridine rings is 1. The Morgan fingerprint density at radius 2 is 1.45 bits per heavy atom. The summed E-state index contributed by atoms with van der Waals surface area (Å²) in [5.74, 6) is 0.892. The Bertz CT molecular complexity index is 815. The molecule has 0 aliphatic heterocycles. The molecule has 1 heterocycles. The molecule has 0 fully saturated rings. The fourth-order valence-electron chi connectivity index (χ4n) is 2.63. The number of rotatable bonds is 2. The number of aromatic nitrogens is 1. The van der Waals surface area contributed by atoms with E-state index in [-0.39, 0.29) is 12.4 Å². The number of nitrogens with two attached hydrogens (primary N) is 2. The van der Waals surface area contributed by atoms with E-state index in [0.717, 1.165) is 16.5 Å². The first kappa shape index (κ1) is 15.9. The average Bonchev–Trinajstić information content (AvgIpc) is 2.46. The van der Waals surface area contributed by atoms with E-state index in [1.54, 1.807) is 6.07 Å². The van der Waals surface area contributed by atoms with E-state index in [2.05, 4.69) is 34.1 Å². The lowest BCUT2D eigenvalue weighted by Gasteiger charge is -2.18. The second kappa shape index (κ2) is 6.12. The SMILES string of the molecule is CN(C)c1ccc(-c2ccc(N)nc2N)c2ccccc12.Cl. The quantitative estimate of drug-likeness (QED) is 0.759. The number of fused-ring (bicyclic) bond motifs is 1. The molecular formula is C17H19ClN4. The maximum absolute atomic E-state index is 6.04. The van der Waals surface area contributed by atoms with E-state index in [1.165, 1.54) is 11.1 Å². The first-order chi connectivity index (χ1) is 10.1. The highest BCUT2D eigenvalue weighted by molar-refractivity contribution is 6.05. The number of anilines is 3. The van der Waals surface area contributed by atoms with Gasteiger partial charge in [0.05, 0.1) is 0 Å². The average molecular weight is 315 g/mol. The molecule has 0 bridgehead atoms. The predicted molar refractivity (Wildman–Crippen MR) is 97.6 cm³/mol. The van der Waals surface area contributed by atoms with Gasteiger partial charge in [0.2, 0.25) is 0 Å². The van der Waals surface area contributed by atoms with Gasteiger partial charge in [0.1, 0.15) is 11.6 Å². The Kier molecular flexibility index (Phi) is 4.43. The summed E-state index contributed by atoms with van der Waals surface area (Å²) in [7, 11) is 4.08. The molecule has 4 N–H and O–H groups in total. The second-order valence-corrected chi connectivity index (χ2v) is 5.24. The minimum Gasteiger partial charge on any atom is -0.384 e. The molecule has 4 nitrogen and oxygen atoms in total. The number of hydrogen-bond acceptors (Lipinski definition) is 4. The highest BCUT2D eigenvalue weighted by atomic mass is 35.5. The third kappa shape index (κ3) is 2.65. The summed E-state index contributed by atoms with van der Waals surface area (Å²) < 4.78 is 0. The van der Waals surface area contributed by atoms with Crippen molar-refractivity contribution in [2.45, 2.75) is 0 Å². The molecule has 0 unspecified atom stereocenters. The van der Waals surface area contributed by atoms with Gasteiger partial charge in [-0.05, 0) is 29.1 Å². The van der Waals surface area contributed by atoms with E-state index in [4.69, 9.17) is 11.5 Å². The lowest BCUT2D eigenvalue weighted by molar-refractivity contribution is 1.14. The molecule has 3 aromatic rings. The van der Waals surface area contributed by atoms with Crippen LogP contribution in [0.2, 0.25) is 0 Å². The van der Waals surface area contributed by atoms with Gasteiger partial charge < -0.3 is 16.4 Å². The van der Waals surface area contributed by atoms with Crippen molar-refractivity contribution in [2.24, 2.45) is 0 Å². The maximum Gasteiger partial charge on any atom is 0.133 e. The standard InChI is InChI=1S/C17H18N4.ClH/c1-21(2)15-9-7-12(11-5-3-4-6-13(11)15)14-8-10-16(18)20-17(14)19;/h3-10H,1-2H3,(H4,18,19,20);1H. The molecule has 0 amide bonds. The predicted octanol–water partition coefficient (Wildman–Crippen LogP) is 3.55. The van der Waals surface area contributed by atoms with Gasteiger partial charge in [-0.25, -0.2) is 4.98 Å². The van der Waals surface area contributed by atoms with Gasteiger partial charge in [0.15, 0.2) is 0 Å². The Morgan fingerprint density at radius 3 is 2.09 bits per heavy atom. The van der Waals surface area contributed by atoms with Crippen molar-refractivity contribution in [2.75, 3.05) is 30.5 Å². The van der Waals surface area contributed by atoms with Gasteiger partial charge >= 0.3 is 0 Å². The van der Waals surface area contributed by atoms with Gasteiger partial charge in [-0.3, -0.25) is 0 Å². The topological polar surface area (TPSA) is 68.2 Å². The highest BCUT2D eigenvalue weighted by Crippen LogP contribution is 2.36. The van der Waals surface area contributed by atoms with Crippen molar-refractivity contribution in [1.29, 1.82) is 0 Å². The van der Waals surface area contributed by atoms with Crippen molar-refractivity contribution < 1.29 is 0 Å². The molecule has 0 aliphatic carbocycles. The summed E-state index contributed by atoms with van der Waals surface area (Å²) in [5.41, 5.74) is 14.9. The van der Waals surface area contributed by atoms with Gasteiger partial charge in [0, 0.05) is 30.7 Å². The summed E-state index contributed by atoms with van der Waals surface area (Å²) in [6, 6.07) is 16.2. The third-order valence-corrected chi connectivity index (χ3v) is 3.62. The van der Waals surface area contributed by atoms with Crippen molar-refractivity contribution >= 4 is 40.5 Å². The first-order valence-corrected chi connectivity index (χ1v) is 6.79. The van der Waals surface area contributed by atoms with Crippen molar-refractivity contribution in [3.63, 3.8) is 0 Å². The lowest BCUT2D eigenvalue weighted by atomic mass is 9.97. The van der Waals surface area contributed by atoms with Crippen LogP contribution in [0.15, 0.2) is 48.5 Å². The third-order valence-electron chi connectivity index (χ3n) is 3.62. The molecule has 0 radical (unpaired) electrons. The molecule has 1 aromatic heterocycles. The van der Waals surface area contributed by atoms with Gasteiger partial charge in [0.25, 0.3) is 0 Å². The fraction of sp³-hybridized carbons (Fsp3) is 0.118. The molecule has 3 rings (SSSR count). The normalized spacial score (nSPS) is 10.3. The lowest BCUT2D eigenvalue weighted by Crippen LogP contribution is -2.09. The summed E-state index contributed by atoms with van der Waals surface area (Å²) in [6.07, 6.45) is 0. The van der Waals surface area contributed by atoms with Crippen LogP contribution in [0.25, 0.3) is 21.9 Å². The van der Waals surface area contributed by atoms with Crippen molar-refractivity contribution in [3.05, 3.63) is 48.5 Å². The second-order valence-electron chi connectivity index (χ2n) is 5.24. The molecule has 5 heteroatoms. The minimum atomic E-state index is 0. The number of hydrogen-bond donors (Lipinski definition) is 2. The molecule has 2 aromatic carbocycles. The van der Waals surface area contributed by atoms with Gasteiger partial charge in [-0.2, -0.15) is 0 Å². The number of nitrogen functional groups attached to an aromatic ring is 2. The van der Waals surface area contributed by atoms with E-state index in [1.807, 2.05) is 32.3 Å². The molecular weight excluding hydrogens is 296 g/mol. The van der Waals surface area contributed by atoms with Gasteiger partial charge in [-0.1, -0.05) is 30.3 Å². The zero-order chi connectivity index (χ0) is 15.0. The largest absolute Gasteiger partial charge is 0.384 e. The molecule has 0 aliphatic rings. The van der Waals surface area contributed by atoms with Crippen LogP contribution in [0.3, 0.4) is 0 Å². The summed E-state index contributed by atoms with van der Waals surface area (Å²) >= 11 is 0. The van der Waals surface area contributed by atoms with Gasteiger partial charge in [-0.15, -0.1) is 12.4 Å². The molecule has 22 heavy (non-hydrogen) atoms. The van der Waals surface area contributed by atoms with Crippen LogP contribution in [0.4, 0.5) is 17.3 Å². The van der Waals surface area contributed by atoms with Crippen molar-refractivity contribution in [3.8, 4) is 11.1 Å². The highest BCUT2D eigenvalue weighted by Gasteiger charge is 2.11. The van der Waals surface area contributed by atoms with Crippen LogP contribution in [0.1, 0.15) is 0 Å². The Labute approximate surface area is 136 Å². The molecule has 0 saturated heterocycles. The number of halogens is 1. The van der Waals surface area contributed by atoms with E-state index < -0.39 is 0 Å². The van der Waals surface area contributed by atoms with Crippen LogP contribution >= 0.6 is 12.4 Å². The fourth-order valence-corrected chi connectivity index (χ4v) is 2.63. The Morgan fingerprint density at radius 1 is 0.818 bits per heavy atom. The first-order valence-electron chi connectivity index (χ1n) is 6.79. The molecule has 0 spiro atoms. The van der Waals surface area contributed by atoms with E-state index in [9.17, 15) is 0 Å². The monoisotopic (exact) mass is 314 g/mol. The van der Waals surface area contributed by atoms with Crippen LogP contribution in [0, 0.1) is 0 Å². The number of benzene rings is 2. The molecule has 0 saturated carbocycles. The Hall–Kier alpha value is -2.46. The minimum absolute atomic E-state index is 0. The van der Waals surface area contributed by atoms with Crippen LogP contribution in [-0.2, 0) is 0 Å². The Balaban J connectivity index is 0.00000176. The van der Waals surface area contributed by atoms with Crippen LogP contribution in [-0.4, -0.2) is 19.1 Å². The van der Waals surface area contributed by atoms with Crippen LogP contribution < -0.4 is 16.4 Å². The number of nitrogens with zero attached hydrogens (tertiary/aromatic N) is 2. The molecule has 0 atom stereocenters. The maximum atomic E-state index is 6.04. The van der Waals surface area contributed by atoms with Crippen molar-refractivity contribution in [1.82, 2.24) is 4.98 Å². The van der Waals surface area contributed by atoms with Crippen LogP contribution in [0.5, 0.6) is 0 Å². The smallest absolute Gasteiger partial charge is 0.133 e. The zero-order valence-electron chi connectivity index (χ0n) is 12.6.